The number of nitrogens with one attached hydrogen (secondary N) is 1. The highest BCUT2D eigenvalue weighted by Crippen LogP contribution is 2.15. The van der Waals surface area contributed by atoms with Gasteiger partial charge in [-0.05, 0) is 24.1 Å². The first kappa shape index (κ1) is 17.2. The van der Waals surface area contributed by atoms with Crippen LogP contribution < -0.4 is 4.90 Å². The fraction of sp³-hybridized carbons (Fsp3) is 0.368. The van der Waals surface area contributed by atoms with Crippen molar-refractivity contribution in [3.05, 3.63) is 66.8 Å². The predicted octanol–water partition coefficient (Wildman–Crippen LogP) is 2.76. The molecule has 132 valence electrons. The van der Waals surface area contributed by atoms with Crippen molar-refractivity contribution in [3.8, 4) is 0 Å². The number of imidazole rings is 2. The quantitative estimate of drug-likeness (QED) is 0.652. The van der Waals surface area contributed by atoms with Crippen molar-refractivity contribution in [3.63, 3.8) is 0 Å². The lowest BCUT2D eigenvalue weighted by molar-refractivity contribution is 0.246. The number of aromatic amines is 1. The molecule has 3 rings (SSSR count). The fourth-order valence-corrected chi connectivity index (χ4v) is 2.88. The minimum Gasteiger partial charge on any atom is -0.378 e. The van der Waals surface area contributed by atoms with E-state index in [9.17, 15) is 0 Å². The average Bonchev–Trinajstić information content (AvgIpc) is 3.29. The summed E-state index contributed by atoms with van der Waals surface area (Å²) in [6, 6.07) is 8.78. The van der Waals surface area contributed by atoms with Gasteiger partial charge in [0, 0.05) is 70.2 Å². The van der Waals surface area contributed by atoms with Gasteiger partial charge in [-0.2, -0.15) is 0 Å². The SMILES string of the molecule is CN(C)c1ccc(CN(CCCn2ccnc2)Cc2cnc[nH]2)cc1. The van der Waals surface area contributed by atoms with Gasteiger partial charge in [-0.25, -0.2) is 9.97 Å². The molecule has 6 nitrogen and oxygen atoms in total. The maximum absolute atomic E-state index is 4.13. The molecule has 2 heterocycles. The number of aromatic nitrogens is 4. The van der Waals surface area contributed by atoms with Crippen LogP contribution >= 0.6 is 0 Å². The lowest BCUT2D eigenvalue weighted by atomic mass is 10.1. The normalized spacial score (nSPS) is 11.2. The van der Waals surface area contributed by atoms with Crippen LogP contribution in [0.4, 0.5) is 5.69 Å². The number of anilines is 1. The van der Waals surface area contributed by atoms with E-state index in [1.165, 1.54) is 11.3 Å². The average molecular weight is 338 g/mol. The van der Waals surface area contributed by atoms with Gasteiger partial charge < -0.3 is 14.5 Å². The summed E-state index contributed by atoms with van der Waals surface area (Å²) >= 11 is 0. The molecule has 1 aromatic carbocycles. The minimum atomic E-state index is 0.874. The molecule has 6 heteroatoms. The van der Waals surface area contributed by atoms with Crippen molar-refractivity contribution in [2.45, 2.75) is 26.1 Å². The Balaban J connectivity index is 1.60. The van der Waals surface area contributed by atoms with E-state index >= 15 is 0 Å². The lowest BCUT2D eigenvalue weighted by Gasteiger charge is -2.22. The summed E-state index contributed by atoms with van der Waals surface area (Å²) in [6.45, 7) is 3.81. The van der Waals surface area contributed by atoms with Crippen molar-refractivity contribution in [2.24, 2.45) is 0 Å². The van der Waals surface area contributed by atoms with E-state index in [1.54, 1.807) is 6.33 Å². The third kappa shape index (κ3) is 5.19. The van der Waals surface area contributed by atoms with E-state index in [-0.39, 0.29) is 0 Å². The summed E-state index contributed by atoms with van der Waals surface area (Å²) < 4.78 is 2.13. The Morgan fingerprint density at radius 1 is 1.08 bits per heavy atom. The molecule has 0 atom stereocenters. The maximum atomic E-state index is 4.13. The number of hydrogen-bond donors (Lipinski definition) is 1. The van der Waals surface area contributed by atoms with Crippen molar-refractivity contribution in [2.75, 3.05) is 25.5 Å². The van der Waals surface area contributed by atoms with Crippen LogP contribution in [0, 0.1) is 0 Å². The molecule has 25 heavy (non-hydrogen) atoms. The second-order valence-corrected chi connectivity index (χ2v) is 6.50. The Hall–Kier alpha value is -2.60. The largest absolute Gasteiger partial charge is 0.378 e. The van der Waals surface area contributed by atoms with Crippen LogP contribution in [0.25, 0.3) is 0 Å². The second-order valence-electron chi connectivity index (χ2n) is 6.50. The molecule has 2 aromatic heterocycles. The van der Waals surface area contributed by atoms with Crippen LogP contribution in [0.15, 0.2) is 55.5 Å². The first-order valence-corrected chi connectivity index (χ1v) is 8.62. The summed E-state index contributed by atoms with van der Waals surface area (Å²) in [6.07, 6.45) is 10.4. The van der Waals surface area contributed by atoms with E-state index in [4.69, 9.17) is 0 Å². The number of rotatable bonds is 9. The third-order valence-corrected chi connectivity index (χ3v) is 4.26. The summed E-state index contributed by atoms with van der Waals surface area (Å²) in [5.74, 6) is 0. The zero-order valence-electron chi connectivity index (χ0n) is 15.0. The molecule has 0 unspecified atom stereocenters. The Bertz CT molecular complexity index is 716. The molecule has 0 spiro atoms. The molecule has 0 aliphatic carbocycles. The zero-order chi connectivity index (χ0) is 17.5. The van der Waals surface area contributed by atoms with Crippen LogP contribution in [0.2, 0.25) is 0 Å². The Morgan fingerprint density at radius 3 is 2.56 bits per heavy atom. The van der Waals surface area contributed by atoms with Crippen molar-refractivity contribution < 1.29 is 0 Å². The van der Waals surface area contributed by atoms with Gasteiger partial charge in [0.15, 0.2) is 0 Å². The minimum absolute atomic E-state index is 0.874. The molecular weight excluding hydrogens is 312 g/mol. The van der Waals surface area contributed by atoms with Crippen molar-refractivity contribution in [1.29, 1.82) is 0 Å². The number of hydrogen-bond acceptors (Lipinski definition) is 4. The molecule has 3 aromatic rings. The van der Waals surface area contributed by atoms with Gasteiger partial charge in [-0.15, -0.1) is 0 Å². The molecule has 1 N–H and O–H groups in total. The number of benzene rings is 1. The van der Waals surface area contributed by atoms with Gasteiger partial charge in [-0.3, -0.25) is 4.90 Å². The molecule has 0 bridgehead atoms. The molecule has 0 saturated carbocycles. The van der Waals surface area contributed by atoms with Gasteiger partial charge in [0.05, 0.1) is 12.7 Å². The smallest absolute Gasteiger partial charge is 0.0945 e. The highest BCUT2D eigenvalue weighted by Gasteiger charge is 2.09. The Labute approximate surface area is 149 Å². The summed E-state index contributed by atoms with van der Waals surface area (Å²) in [5.41, 5.74) is 3.70. The molecule has 0 radical (unpaired) electrons. The highest BCUT2D eigenvalue weighted by atomic mass is 15.1. The lowest BCUT2D eigenvalue weighted by Crippen LogP contribution is -2.25. The summed E-state index contributed by atoms with van der Waals surface area (Å²) in [5, 5.41) is 0. The summed E-state index contributed by atoms with van der Waals surface area (Å²) in [7, 11) is 4.13. The zero-order valence-corrected chi connectivity index (χ0v) is 15.0. The van der Waals surface area contributed by atoms with E-state index in [0.29, 0.717) is 0 Å². The number of H-pyrrole nitrogens is 1. The Morgan fingerprint density at radius 2 is 1.92 bits per heavy atom. The van der Waals surface area contributed by atoms with E-state index < -0.39 is 0 Å². The van der Waals surface area contributed by atoms with Crippen molar-refractivity contribution in [1.82, 2.24) is 24.4 Å². The first-order valence-electron chi connectivity index (χ1n) is 8.62. The van der Waals surface area contributed by atoms with Crippen LogP contribution in [-0.4, -0.2) is 45.1 Å². The molecule has 0 fully saturated rings. The maximum Gasteiger partial charge on any atom is 0.0945 e. The monoisotopic (exact) mass is 338 g/mol. The standard InChI is InChI=1S/C19H26N6/c1-23(2)19-6-4-17(5-7-19)13-25(14-18-12-21-15-22-18)10-3-9-24-11-8-20-16-24/h4-8,11-12,15-16H,3,9-10,13-14H2,1-2H3,(H,21,22). The molecule has 0 aliphatic rings. The van der Waals surface area contributed by atoms with Gasteiger partial charge in [0.2, 0.25) is 0 Å². The van der Waals surface area contributed by atoms with Gasteiger partial charge in [0.25, 0.3) is 0 Å². The number of aryl methyl sites for hydroxylation is 1. The van der Waals surface area contributed by atoms with E-state index in [1.807, 2.05) is 24.9 Å². The molecular formula is C19H26N6. The predicted molar refractivity (Wildman–Crippen MR) is 100 cm³/mol. The molecule has 0 amide bonds. The Kier molecular flexibility index (Phi) is 5.85. The topological polar surface area (TPSA) is 53.0 Å². The van der Waals surface area contributed by atoms with Gasteiger partial charge >= 0.3 is 0 Å². The number of nitrogens with zero attached hydrogens (tertiary/aromatic N) is 5. The second kappa shape index (κ2) is 8.48. The van der Waals surface area contributed by atoms with Gasteiger partial charge in [-0.1, -0.05) is 12.1 Å². The van der Waals surface area contributed by atoms with Crippen molar-refractivity contribution >= 4 is 5.69 Å². The van der Waals surface area contributed by atoms with E-state index in [2.05, 4.69) is 67.7 Å². The van der Waals surface area contributed by atoms with Crippen LogP contribution in [0.5, 0.6) is 0 Å². The van der Waals surface area contributed by atoms with Gasteiger partial charge in [0.1, 0.15) is 0 Å². The highest BCUT2D eigenvalue weighted by molar-refractivity contribution is 5.45. The van der Waals surface area contributed by atoms with Crippen LogP contribution in [0.3, 0.4) is 0 Å². The van der Waals surface area contributed by atoms with E-state index in [0.717, 1.165) is 38.3 Å². The fourth-order valence-electron chi connectivity index (χ4n) is 2.88. The summed E-state index contributed by atoms with van der Waals surface area (Å²) in [4.78, 5) is 16.0. The molecule has 0 aliphatic heterocycles. The molecule has 0 saturated heterocycles. The first-order chi connectivity index (χ1) is 12.2. The van der Waals surface area contributed by atoms with Crippen LogP contribution in [0.1, 0.15) is 17.7 Å². The third-order valence-electron chi connectivity index (χ3n) is 4.26. The van der Waals surface area contributed by atoms with Crippen LogP contribution in [-0.2, 0) is 19.6 Å².